The Morgan fingerprint density at radius 2 is 2.07 bits per heavy atom. The number of hydrogen-bond acceptors (Lipinski definition) is 6. The van der Waals surface area contributed by atoms with E-state index >= 15 is 0 Å². The molecule has 0 bridgehead atoms. The van der Waals surface area contributed by atoms with Crippen molar-refractivity contribution in [2.24, 2.45) is 0 Å². The summed E-state index contributed by atoms with van der Waals surface area (Å²) in [5, 5.41) is 2.62. The highest BCUT2D eigenvalue weighted by Crippen LogP contribution is 2.24. The van der Waals surface area contributed by atoms with Crippen molar-refractivity contribution < 1.29 is 22.3 Å². The van der Waals surface area contributed by atoms with Crippen molar-refractivity contribution in [1.29, 1.82) is 0 Å². The minimum absolute atomic E-state index is 0.170. The van der Waals surface area contributed by atoms with Crippen LogP contribution in [0.5, 0.6) is 0 Å². The van der Waals surface area contributed by atoms with Crippen molar-refractivity contribution in [3.8, 4) is 0 Å². The number of carbonyl (C=O) groups is 1. The average molecular weight is 426 g/mol. The molecule has 0 atom stereocenters. The topological polar surface area (TPSA) is 88.6 Å². The van der Waals surface area contributed by atoms with Crippen molar-refractivity contribution in [3.63, 3.8) is 0 Å². The van der Waals surface area contributed by atoms with Gasteiger partial charge in [0.15, 0.2) is 0 Å². The molecule has 7 nitrogen and oxygen atoms in total. The Labute approximate surface area is 167 Å². The lowest BCUT2D eigenvalue weighted by Crippen LogP contribution is -2.40. The molecule has 1 aromatic heterocycles. The number of nitrogens with one attached hydrogen (secondary N) is 1. The Morgan fingerprint density at radius 1 is 1.29 bits per heavy atom. The van der Waals surface area contributed by atoms with Gasteiger partial charge in [0.1, 0.15) is 10.7 Å². The number of halogens is 1. The van der Waals surface area contributed by atoms with Crippen molar-refractivity contribution in [1.82, 2.24) is 9.29 Å². The van der Waals surface area contributed by atoms with E-state index < -0.39 is 20.7 Å². The van der Waals surface area contributed by atoms with Crippen LogP contribution in [0.15, 0.2) is 47.6 Å². The van der Waals surface area contributed by atoms with Crippen LogP contribution in [0.2, 0.25) is 0 Å². The molecule has 1 aromatic carbocycles. The third kappa shape index (κ3) is 5.28. The molecule has 0 aliphatic carbocycles. The lowest BCUT2D eigenvalue weighted by molar-refractivity contribution is -0.113. The maximum atomic E-state index is 14.2. The predicted octanol–water partition coefficient (Wildman–Crippen LogP) is 2.11. The molecular formula is C18H20FN3O4S2. The van der Waals surface area contributed by atoms with Crippen LogP contribution >= 0.6 is 11.8 Å². The van der Waals surface area contributed by atoms with Gasteiger partial charge in [-0.15, -0.1) is 11.8 Å². The number of amides is 1. The maximum Gasteiger partial charge on any atom is 0.246 e. The van der Waals surface area contributed by atoms with Gasteiger partial charge in [0.2, 0.25) is 15.9 Å². The van der Waals surface area contributed by atoms with Crippen LogP contribution in [-0.2, 0) is 25.3 Å². The monoisotopic (exact) mass is 425 g/mol. The van der Waals surface area contributed by atoms with E-state index in [2.05, 4.69) is 10.3 Å². The standard InChI is InChI=1S/C18H20FN3O4S2/c19-16-4-3-15(10-17(16)28(24,25)22-6-8-26-9-7-22)21-18(23)13-27-12-14-2-1-5-20-11-14/h1-5,10-11H,6-9,12-13H2,(H,21,23). The molecule has 2 heterocycles. The molecule has 2 aromatic rings. The van der Waals surface area contributed by atoms with Gasteiger partial charge in [-0.25, -0.2) is 12.8 Å². The van der Waals surface area contributed by atoms with Crippen molar-refractivity contribution in [3.05, 3.63) is 54.1 Å². The summed E-state index contributed by atoms with van der Waals surface area (Å²) in [6, 6.07) is 7.29. The van der Waals surface area contributed by atoms with Crippen LogP contribution in [0.1, 0.15) is 5.56 Å². The third-order valence-electron chi connectivity index (χ3n) is 4.03. The Balaban J connectivity index is 1.63. The predicted molar refractivity (Wildman–Crippen MR) is 105 cm³/mol. The van der Waals surface area contributed by atoms with Gasteiger partial charge in [-0.1, -0.05) is 6.07 Å². The first-order valence-corrected chi connectivity index (χ1v) is 11.2. The van der Waals surface area contributed by atoms with Gasteiger partial charge in [-0.3, -0.25) is 9.78 Å². The molecule has 0 saturated carbocycles. The average Bonchev–Trinajstić information content (AvgIpc) is 2.71. The Morgan fingerprint density at radius 3 is 2.79 bits per heavy atom. The second kappa shape index (κ2) is 9.46. The molecule has 0 radical (unpaired) electrons. The summed E-state index contributed by atoms with van der Waals surface area (Å²) < 4.78 is 45.9. The zero-order valence-corrected chi connectivity index (χ0v) is 16.6. The molecule has 1 N–H and O–H groups in total. The molecule has 1 fully saturated rings. The number of thioether (sulfide) groups is 1. The fourth-order valence-corrected chi connectivity index (χ4v) is 4.91. The summed E-state index contributed by atoms with van der Waals surface area (Å²) in [6.45, 7) is 0.879. The number of pyridine rings is 1. The van der Waals surface area contributed by atoms with E-state index in [4.69, 9.17) is 4.74 Å². The molecule has 10 heteroatoms. The fraction of sp³-hybridized carbons (Fsp3) is 0.333. The van der Waals surface area contributed by atoms with Gasteiger partial charge >= 0.3 is 0 Å². The molecule has 1 amide bonds. The zero-order chi connectivity index (χ0) is 20.0. The molecule has 28 heavy (non-hydrogen) atoms. The van der Waals surface area contributed by atoms with Gasteiger partial charge < -0.3 is 10.1 Å². The first-order valence-electron chi connectivity index (χ1n) is 8.61. The normalized spacial score (nSPS) is 15.3. The SMILES string of the molecule is O=C(CSCc1cccnc1)Nc1ccc(F)c(S(=O)(=O)N2CCOCC2)c1. The van der Waals surface area contributed by atoms with Crippen LogP contribution < -0.4 is 5.32 Å². The van der Waals surface area contributed by atoms with E-state index in [-0.39, 0.29) is 43.7 Å². The van der Waals surface area contributed by atoms with Crippen LogP contribution in [-0.4, -0.2) is 55.7 Å². The Kier molecular flexibility index (Phi) is 7.00. The number of aromatic nitrogens is 1. The molecule has 150 valence electrons. The molecular weight excluding hydrogens is 405 g/mol. The van der Waals surface area contributed by atoms with E-state index in [1.54, 1.807) is 12.4 Å². The summed E-state index contributed by atoms with van der Waals surface area (Å²) in [5.41, 5.74) is 1.24. The number of ether oxygens (including phenoxy) is 1. The van der Waals surface area contributed by atoms with E-state index in [0.29, 0.717) is 5.75 Å². The quantitative estimate of drug-likeness (QED) is 0.731. The molecule has 0 unspecified atom stereocenters. The van der Waals surface area contributed by atoms with E-state index in [9.17, 15) is 17.6 Å². The lowest BCUT2D eigenvalue weighted by Gasteiger charge is -2.26. The highest BCUT2D eigenvalue weighted by Gasteiger charge is 2.29. The Hall–Kier alpha value is -2.01. The maximum absolute atomic E-state index is 14.2. The first-order chi connectivity index (χ1) is 13.5. The molecule has 1 aliphatic rings. The second-order valence-corrected chi connectivity index (χ2v) is 8.96. The van der Waals surface area contributed by atoms with E-state index in [0.717, 1.165) is 17.7 Å². The number of sulfonamides is 1. The summed E-state index contributed by atoms with van der Waals surface area (Å²) in [6.07, 6.45) is 3.41. The summed E-state index contributed by atoms with van der Waals surface area (Å²) in [5.74, 6) is -0.343. The zero-order valence-electron chi connectivity index (χ0n) is 15.0. The van der Waals surface area contributed by atoms with Crippen LogP contribution in [0.25, 0.3) is 0 Å². The Bertz CT molecular complexity index is 920. The summed E-state index contributed by atoms with van der Waals surface area (Å²) in [7, 11) is -3.99. The van der Waals surface area contributed by atoms with Gasteiger partial charge in [-0.05, 0) is 29.8 Å². The molecule has 3 rings (SSSR count). The largest absolute Gasteiger partial charge is 0.379 e. The molecule has 1 saturated heterocycles. The van der Waals surface area contributed by atoms with Gasteiger partial charge in [-0.2, -0.15) is 4.31 Å². The number of benzene rings is 1. The highest BCUT2D eigenvalue weighted by atomic mass is 32.2. The van der Waals surface area contributed by atoms with Gasteiger partial charge in [0.25, 0.3) is 0 Å². The summed E-state index contributed by atoms with van der Waals surface area (Å²) >= 11 is 1.40. The lowest BCUT2D eigenvalue weighted by atomic mass is 10.3. The van der Waals surface area contributed by atoms with Crippen LogP contribution in [0.4, 0.5) is 10.1 Å². The number of carbonyl (C=O) groups excluding carboxylic acids is 1. The second-order valence-electron chi connectivity index (χ2n) is 6.06. The number of rotatable bonds is 7. The number of hydrogen-bond donors (Lipinski definition) is 1. The van der Waals surface area contributed by atoms with Gasteiger partial charge in [0, 0.05) is 36.9 Å². The summed E-state index contributed by atoms with van der Waals surface area (Å²) in [4.78, 5) is 15.7. The first kappa shape index (κ1) is 20.7. The van der Waals surface area contributed by atoms with Crippen molar-refractivity contribution in [2.75, 3.05) is 37.4 Å². The van der Waals surface area contributed by atoms with Gasteiger partial charge in [0.05, 0.1) is 19.0 Å². The molecule has 0 spiro atoms. The minimum atomic E-state index is -3.99. The van der Waals surface area contributed by atoms with Crippen LogP contribution in [0.3, 0.4) is 0 Å². The van der Waals surface area contributed by atoms with Crippen LogP contribution in [0, 0.1) is 5.82 Å². The number of anilines is 1. The number of nitrogens with zero attached hydrogens (tertiary/aromatic N) is 2. The third-order valence-corrected chi connectivity index (χ3v) is 6.94. The van der Waals surface area contributed by atoms with E-state index in [1.807, 2.05) is 12.1 Å². The van der Waals surface area contributed by atoms with Crippen molar-refractivity contribution >= 4 is 33.4 Å². The smallest absolute Gasteiger partial charge is 0.246 e. The van der Waals surface area contributed by atoms with E-state index in [1.165, 1.54) is 22.1 Å². The minimum Gasteiger partial charge on any atom is -0.379 e. The number of morpholine rings is 1. The van der Waals surface area contributed by atoms with Crippen molar-refractivity contribution in [2.45, 2.75) is 10.6 Å². The molecule has 1 aliphatic heterocycles. The highest BCUT2D eigenvalue weighted by molar-refractivity contribution is 7.99. The fourth-order valence-electron chi connectivity index (χ4n) is 2.65.